The van der Waals surface area contributed by atoms with E-state index < -0.39 is 0 Å². The van der Waals surface area contributed by atoms with Crippen LogP contribution >= 0.6 is 0 Å². The van der Waals surface area contributed by atoms with Gasteiger partial charge in [-0.05, 0) is 31.2 Å². The van der Waals surface area contributed by atoms with Crippen LogP contribution in [0.2, 0.25) is 0 Å². The van der Waals surface area contributed by atoms with E-state index in [-0.39, 0.29) is 5.56 Å². The Hall–Kier alpha value is -3.27. The second kappa shape index (κ2) is 5.98. The summed E-state index contributed by atoms with van der Waals surface area (Å²) in [5, 5.41) is 5.41. The number of rotatable bonds is 3. The van der Waals surface area contributed by atoms with Crippen molar-refractivity contribution >= 4 is 23.6 Å². The minimum atomic E-state index is -0.0930. The molecule has 25 heavy (non-hydrogen) atoms. The highest BCUT2D eigenvalue weighted by Crippen LogP contribution is 2.21. The van der Waals surface area contributed by atoms with Gasteiger partial charge in [-0.15, -0.1) is 0 Å². The van der Waals surface area contributed by atoms with E-state index in [1.165, 1.54) is 10.2 Å². The van der Waals surface area contributed by atoms with Crippen LogP contribution in [0.15, 0.2) is 65.6 Å². The van der Waals surface area contributed by atoms with E-state index in [1.54, 1.807) is 0 Å². The molecule has 0 amide bonds. The van der Waals surface area contributed by atoms with Crippen molar-refractivity contribution in [2.24, 2.45) is 0 Å². The molecule has 4 nitrogen and oxygen atoms in total. The highest BCUT2D eigenvalue weighted by Gasteiger charge is 2.08. The maximum absolute atomic E-state index is 12.9. The van der Waals surface area contributed by atoms with Crippen LogP contribution < -0.4 is 16.1 Å². The van der Waals surface area contributed by atoms with Crippen molar-refractivity contribution in [1.29, 1.82) is 0 Å². The highest BCUT2D eigenvalue weighted by molar-refractivity contribution is 5.89. The van der Waals surface area contributed by atoms with Gasteiger partial charge < -0.3 is 4.57 Å². The maximum atomic E-state index is 12.9. The minimum absolute atomic E-state index is 0.0930. The monoisotopic (exact) mass is 329 g/mol. The molecule has 0 aliphatic heterocycles. The summed E-state index contributed by atoms with van der Waals surface area (Å²) in [7, 11) is 0. The van der Waals surface area contributed by atoms with Gasteiger partial charge in [0, 0.05) is 29.2 Å². The van der Waals surface area contributed by atoms with Crippen LogP contribution in [-0.4, -0.2) is 14.3 Å². The van der Waals surface area contributed by atoms with Gasteiger partial charge in [0.25, 0.3) is 5.56 Å². The maximum Gasteiger partial charge on any atom is 0.279 e. The van der Waals surface area contributed by atoms with Gasteiger partial charge in [-0.2, -0.15) is 0 Å². The molecule has 2 aromatic carbocycles. The molecule has 0 bridgehead atoms. The second-order valence-electron chi connectivity index (χ2n) is 6.01. The summed E-state index contributed by atoms with van der Waals surface area (Å²) in [4.78, 5) is 12.9. The smallest absolute Gasteiger partial charge is 0.279 e. The zero-order chi connectivity index (χ0) is 17.4. The summed E-state index contributed by atoms with van der Waals surface area (Å²) >= 11 is 0. The van der Waals surface area contributed by atoms with Gasteiger partial charge >= 0.3 is 0 Å². The lowest BCUT2D eigenvalue weighted by Gasteiger charge is -1.98. The zero-order valence-corrected chi connectivity index (χ0v) is 14.1. The molecular formula is C21H19N3O. The van der Waals surface area contributed by atoms with Crippen molar-refractivity contribution in [2.75, 3.05) is 0 Å². The molecule has 1 N–H and O–H groups in total. The van der Waals surface area contributed by atoms with Gasteiger partial charge in [-0.3, -0.25) is 9.89 Å². The van der Waals surface area contributed by atoms with Crippen molar-refractivity contribution < 1.29 is 0 Å². The Bertz CT molecular complexity index is 1210. The first-order chi connectivity index (χ1) is 12.2. The summed E-state index contributed by atoms with van der Waals surface area (Å²) < 4.78 is 3.72. The Morgan fingerprint density at radius 2 is 1.80 bits per heavy atom. The standard InChI is InChI=1S/C21H19N3O/c1-3-23-14-16(18-11-7-8-12-20(18)23)13-19-15(2)22-24(21(19)25)17-9-5-4-6-10-17/h4-14,22H,2-3H2,1H3/b19-13+. The molecule has 4 aromatic rings. The number of hydrogen-bond acceptors (Lipinski definition) is 1. The SMILES string of the molecule is C=c1[nH]n(-c2ccccc2)c(=O)/c1=C/c1cn(CC)c2ccccc12. The molecule has 0 saturated heterocycles. The number of nitrogens with zero attached hydrogens (tertiary/aromatic N) is 2. The summed E-state index contributed by atoms with van der Waals surface area (Å²) in [5.74, 6) is 0. The Kier molecular flexibility index (Phi) is 3.65. The van der Waals surface area contributed by atoms with Gasteiger partial charge in [-0.25, -0.2) is 4.68 Å². The summed E-state index contributed by atoms with van der Waals surface area (Å²) in [6.07, 6.45) is 4.01. The molecule has 0 radical (unpaired) electrons. The van der Waals surface area contributed by atoms with Crippen LogP contribution in [0.3, 0.4) is 0 Å². The number of aromatic amines is 1. The third-order valence-corrected chi connectivity index (χ3v) is 4.48. The molecule has 0 spiro atoms. The van der Waals surface area contributed by atoms with Crippen molar-refractivity contribution in [3.05, 3.63) is 87.3 Å². The van der Waals surface area contributed by atoms with Crippen molar-refractivity contribution in [3.8, 4) is 5.69 Å². The fourth-order valence-corrected chi connectivity index (χ4v) is 3.21. The lowest BCUT2D eigenvalue weighted by Crippen LogP contribution is -2.33. The average molecular weight is 329 g/mol. The number of fused-ring (bicyclic) bond motifs is 1. The van der Waals surface area contributed by atoms with Crippen LogP contribution in [0, 0.1) is 0 Å². The lowest BCUT2D eigenvalue weighted by atomic mass is 10.1. The number of hydrogen-bond donors (Lipinski definition) is 1. The summed E-state index contributed by atoms with van der Waals surface area (Å²) in [5.41, 5.74) is 2.90. The number of benzene rings is 2. The number of para-hydroxylation sites is 2. The molecule has 2 heterocycles. The Balaban J connectivity index is 1.96. The largest absolute Gasteiger partial charge is 0.347 e. The van der Waals surface area contributed by atoms with Crippen LogP contribution in [0.5, 0.6) is 0 Å². The first kappa shape index (κ1) is 15.3. The number of aromatic nitrogens is 3. The third kappa shape index (κ3) is 2.52. The van der Waals surface area contributed by atoms with E-state index in [0.717, 1.165) is 23.2 Å². The average Bonchev–Trinajstić information content (AvgIpc) is 3.15. The topological polar surface area (TPSA) is 42.7 Å². The fourth-order valence-electron chi connectivity index (χ4n) is 3.21. The Labute approximate surface area is 144 Å². The quantitative estimate of drug-likeness (QED) is 0.616. The van der Waals surface area contributed by atoms with E-state index in [2.05, 4.69) is 41.5 Å². The molecule has 0 aliphatic rings. The van der Waals surface area contributed by atoms with Crippen LogP contribution in [0.25, 0.3) is 29.2 Å². The first-order valence-corrected chi connectivity index (χ1v) is 8.34. The van der Waals surface area contributed by atoms with Crippen LogP contribution in [0.4, 0.5) is 0 Å². The fraction of sp³-hybridized carbons (Fsp3) is 0.0952. The number of aryl methyl sites for hydroxylation is 1. The highest BCUT2D eigenvalue weighted by atomic mass is 16.1. The number of H-pyrrole nitrogens is 1. The van der Waals surface area contributed by atoms with Gasteiger partial charge in [0.2, 0.25) is 0 Å². The van der Waals surface area contributed by atoms with Crippen molar-refractivity contribution in [2.45, 2.75) is 13.5 Å². The van der Waals surface area contributed by atoms with Crippen LogP contribution in [-0.2, 0) is 6.54 Å². The van der Waals surface area contributed by atoms with E-state index >= 15 is 0 Å². The predicted molar refractivity (Wildman–Crippen MR) is 102 cm³/mol. The number of nitrogens with one attached hydrogen (secondary N) is 1. The molecule has 0 saturated carbocycles. The predicted octanol–water partition coefficient (Wildman–Crippen LogP) is 2.38. The van der Waals surface area contributed by atoms with Gasteiger partial charge in [0.1, 0.15) is 0 Å². The zero-order valence-electron chi connectivity index (χ0n) is 14.1. The normalized spacial score (nSPS) is 12.1. The van der Waals surface area contributed by atoms with Gasteiger partial charge in [0.05, 0.1) is 16.3 Å². The van der Waals surface area contributed by atoms with Crippen molar-refractivity contribution in [1.82, 2.24) is 14.3 Å². The van der Waals surface area contributed by atoms with E-state index in [1.807, 2.05) is 48.5 Å². The molecule has 2 aromatic heterocycles. The molecule has 0 fully saturated rings. The van der Waals surface area contributed by atoms with Gasteiger partial charge in [-0.1, -0.05) is 43.0 Å². The molecular weight excluding hydrogens is 310 g/mol. The summed E-state index contributed by atoms with van der Waals surface area (Å²) in [6, 6.07) is 17.8. The minimum Gasteiger partial charge on any atom is -0.347 e. The lowest BCUT2D eigenvalue weighted by molar-refractivity contribution is 0.797. The first-order valence-electron chi connectivity index (χ1n) is 8.34. The van der Waals surface area contributed by atoms with Gasteiger partial charge in [0.15, 0.2) is 0 Å². The Morgan fingerprint density at radius 1 is 1.08 bits per heavy atom. The van der Waals surface area contributed by atoms with E-state index in [0.29, 0.717) is 10.6 Å². The third-order valence-electron chi connectivity index (χ3n) is 4.48. The van der Waals surface area contributed by atoms with Crippen LogP contribution in [0.1, 0.15) is 12.5 Å². The molecule has 0 unspecified atom stereocenters. The van der Waals surface area contributed by atoms with Crippen molar-refractivity contribution in [3.63, 3.8) is 0 Å². The van der Waals surface area contributed by atoms with E-state index in [9.17, 15) is 4.79 Å². The molecule has 4 rings (SSSR count). The molecule has 0 aliphatic carbocycles. The molecule has 4 heteroatoms. The molecule has 0 atom stereocenters. The Morgan fingerprint density at radius 3 is 2.56 bits per heavy atom. The summed E-state index contributed by atoms with van der Waals surface area (Å²) in [6.45, 7) is 7.01. The van der Waals surface area contributed by atoms with E-state index in [4.69, 9.17) is 0 Å². The molecule has 124 valence electrons. The second-order valence-corrected chi connectivity index (χ2v) is 6.01.